The summed E-state index contributed by atoms with van der Waals surface area (Å²) in [5.41, 5.74) is 0.836. The average Bonchev–Trinajstić information content (AvgIpc) is 3.33. The Labute approximate surface area is 174 Å². The van der Waals surface area contributed by atoms with Gasteiger partial charge in [-0.15, -0.1) is 0 Å². The van der Waals surface area contributed by atoms with Crippen molar-refractivity contribution in [3.8, 4) is 5.75 Å². The molecule has 2 N–H and O–H groups in total. The Bertz CT molecular complexity index is 769. The molecular formula is C22H33BN2O4. The Hall–Kier alpha value is -1.57. The second-order valence-electron chi connectivity index (χ2n) is 9.76. The van der Waals surface area contributed by atoms with E-state index in [1.807, 2.05) is 45.9 Å². The van der Waals surface area contributed by atoms with Gasteiger partial charge in [0.2, 0.25) is 0 Å². The van der Waals surface area contributed by atoms with Crippen LogP contribution in [-0.4, -0.2) is 42.4 Å². The van der Waals surface area contributed by atoms with E-state index in [4.69, 9.17) is 24.2 Å². The fourth-order valence-corrected chi connectivity index (χ4v) is 3.61. The third kappa shape index (κ3) is 4.32. The van der Waals surface area contributed by atoms with Gasteiger partial charge in [0.15, 0.2) is 0 Å². The molecule has 0 bridgehead atoms. The second kappa shape index (κ2) is 7.29. The van der Waals surface area contributed by atoms with E-state index in [2.05, 4.69) is 12.2 Å². The van der Waals surface area contributed by atoms with Gasteiger partial charge in [-0.1, -0.05) is 0 Å². The molecule has 3 aliphatic rings. The van der Waals surface area contributed by atoms with E-state index in [1.165, 1.54) is 0 Å². The minimum Gasteiger partial charge on any atom is -0.488 e. The van der Waals surface area contributed by atoms with Gasteiger partial charge in [0, 0.05) is 17.9 Å². The van der Waals surface area contributed by atoms with Crippen molar-refractivity contribution in [3.05, 3.63) is 23.8 Å². The summed E-state index contributed by atoms with van der Waals surface area (Å²) in [7, 11) is -0.723. The minimum absolute atomic E-state index is 0.0404. The molecule has 4 rings (SSSR count). The number of rotatable bonds is 6. The predicted molar refractivity (Wildman–Crippen MR) is 115 cm³/mol. The maximum atomic E-state index is 8.90. The second-order valence-corrected chi connectivity index (χ2v) is 9.76. The summed E-state index contributed by atoms with van der Waals surface area (Å²) in [5, 5.41) is 12.4. The van der Waals surface area contributed by atoms with Gasteiger partial charge in [-0.3, -0.25) is 0 Å². The lowest BCUT2D eigenvalue weighted by Gasteiger charge is -2.32. The van der Waals surface area contributed by atoms with Crippen molar-refractivity contribution in [1.29, 1.82) is 5.41 Å². The summed E-state index contributed by atoms with van der Waals surface area (Å²) in [4.78, 5) is 0. The third-order valence-corrected chi connectivity index (χ3v) is 6.58. The van der Waals surface area contributed by atoms with Gasteiger partial charge in [-0.2, -0.15) is 0 Å². The number of anilines is 1. The van der Waals surface area contributed by atoms with Gasteiger partial charge < -0.3 is 29.5 Å². The van der Waals surface area contributed by atoms with E-state index < -0.39 is 18.3 Å². The van der Waals surface area contributed by atoms with Crippen molar-refractivity contribution in [2.75, 3.05) is 11.9 Å². The van der Waals surface area contributed by atoms with Crippen LogP contribution in [0.4, 0.5) is 5.69 Å². The summed E-state index contributed by atoms with van der Waals surface area (Å²) in [6.07, 6.45) is 5.28. The lowest BCUT2D eigenvalue weighted by Crippen LogP contribution is -2.41. The molecule has 158 valence electrons. The molecule has 1 aromatic carbocycles. The van der Waals surface area contributed by atoms with Crippen LogP contribution in [0.1, 0.15) is 72.3 Å². The molecule has 2 saturated heterocycles. The Morgan fingerprint density at radius 1 is 1.10 bits per heavy atom. The fraction of sp³-hybridized carbons (Fsp3) is 0.682. The molecule has 1 unspecified atom stereocenters. The van der Waals surface area contributed by atoms with Crippen molar-refractivity contribution in [2.24, 2.45) is 0 Å². The summed E-state index contributed by atoms with van der Waals surface area (Å²) >= 11 is 0. The Morgan fingerprint density at radius 3 is 2.38 bits per heavy atom. The first-order chi connectivity index (χ1) is 13.6. The van der Waals surface area contributed by atoms with Gasteiger partial charge in [0.25, 0.3) is 0 Å². The molecule has 0 amide bonds. The SMILES string of the molecule is CC1(Oc2ccc(NC3CCCCO3)c(C(=N)B3OC(C)(C)C(C)(C)O3)c2)CC1. The van der Waals surface area contributed by atoms with E-state index in [1.54, 1.807) is 0 Å². The van der Waals surface area contributed by atoms with Crippen molar-refractivity contribution in [1.82, 2.24) is 0 Å². The van der Waals surface area contributed by atoms with Crippen LogP contribution in [0.5, 0.6) is 5.75 Å². The Kier molecular flexibility index (Phi) is 5.20. The maximum Gasteiger partial charge on any atom is 0.514 e. The van der Waals surface area contributed by atoms with E-state index in [0.29, 0.717) is 5.61 Å². The lowest BCUT2D eigenvalue weighted by atomic mass is 9.77. The molecule has 1 saturated carbocycles. The topological polar surface area (TPSA) is 72.8 Å². The van der Waals surface area contributed by atoms with Crippen LogP contribution in [0.25, 0.3) is 0 Å². The molecule has 1 atom stereocenters. The van der Waals surface area contributed by atoms with Gasteiger partial charge in [0.05, 0.1) is 16.8 Å². The zero-order chi connectivity index (χ0) is 20.9. The molecular weight excluding hydrogens is 367 g/mol. The Balaban J connectivity index is 1.61. The number of ether oxygens (including phenoxy) is 2. The summed E-state index contributed by atoms with van der Waals surface area (Å²) < 4.78 is 24.3. The van der Waals surface area contributed by atoms with Gasteiger partial charge in [0.1, 0.15) is 17.6 Å². The van der Waals surface area contributed by atoms with E-state index >= 15 is 0 Å². The highest BCUT2D eigenvalue weighted by Gasteiger charge is 2.53. The van der Waals surface area contributed by atoms with Crippen LogP contribution >= 0.6 is 0 Å². The van der Waals surface area contributed by atoms with Crippen LogP contribution in [-0.2, 0) is 14.0 Å². The van der Waals surface area contributed by atoms with E-state index in [9.17, 15) is 0 Å². The van der Waals surface area contributed by atoms with Crippen molar-refractivity contribution in [2.45, 2.75) is 89.8 Å². The lowest BCUT2D eigenvalue weighted by molar-refractivity contribution is 0.00578. The standard InChI is InChI=1S/C22H33BN2O4/c1-20(2)21(3,4)29-23(28-20)19(24)16-14-15(27-22(5)11-12-22)9-10-17(16)25-18-8-6-7-13-26-18/h9-10,14,18,24-25H,6-8,11-13H2,1-5H3. The van der Waals surface area contributed by atoms with Crippen molar-refractivity contribution >= 4 is 18.4 Å². The smallest absolute Gasteiger partial charge is 0.488 e. The molecule has 0 spiro atoms. The number of benzene rings is 1. The fourth-order valence-electron chi connectivity index (χ4n) is 3.61. The molecule has 6 nitrogen and oxygen atoms in total. The zero-order valence-corrected chi connectivity index (χ0v) is 18.3. The first kappa shape index (κ1) is 20.7. The van der Waals surface area contributed by atoms with Gasteiger partial charge >= 0.3 is 7.12 Å². The molecule has 1 aliphatic carbocycles. The first-order valence-corrected chi connectivity index (χ1v) is 10.7. The quantitative estimate of drug-likeness (QED) is 0.541. The summed E-state index contributed by atoms with van der Waals surface area (Å²) in [6, 6.07) is 5.88. The largest absolute Gasteiger partial charge is 0.514 e. The summed E-state index contributed by atoms with van der Waals surface area (Å²) in [5.74, 6) is 0.774. The minimum atomic E-state index is -0.723. The first-order valence-electron chi connectivity index (χ1n) is 10.7. The van der Waals surface area contributed by atoms with Gasteiger partial charge in [-0.05, 0) is 84.9 Å². The van der Waals surface area contributed by atoms with E-state index in [0.717, 1.165) is 55.7 Å². The van der Waals surface area contributed by atoms with Crippen LogP contribution < -0.4 is 10.1 Å². The molecule has 0 radical (unpaired) electrons. The Morgan fingerprint density at radius 2 is 1.79 bits per heavy atom. The molecule has 7 heteroatoms. The maximum absolute atomic E-state index is 8.90. The van der Waals surface area contributed by atoms with Crippen LogP contribution in [0.3, 0.4) is 0 Å². The summed E-state index contributed by atoms with van der Waals surface area (Å²) in [6.45, 7) is 10.9. The molecule has 2 heterocycles. The number of nitrogens with one attached hydrogen (secondary N) is 2. The molecule has 29 heavy (non-hydrogen) atoms. The molecule has 1 aromatic rings. The molecule has 3 fully saturated rings. The highest BCUT2D eigenvalue weighted by molar-refractivity contribution is 6.85. The highest BCUT2D eigenvalue weighted by atomic mass is 16.7. The van der Waals surface area contributed by atoms with Crippen molar-refractivity contribution in [3.63, 3.8) is 0 Å². The van der Waals surface area contributed by atoms with Crippen LogP contribution in [0.15, 0.2) is 18.2 Å². The zero-order valence-electron chi connectivity index (χ0n) is 18.3. The third-order valence-electron chi connectivity index (χ3n) is 6.58. The molecule has 2 aliphatic heterocycles. The molecule has 0 aromatic heterocycles. The number of hydrogen-bond donors (Lipinski definition) is 2. The van der Waals surface area contributed by atoms with Crippen LogP contribution in [0, 0.1) is 5.41 Å². The van der Waals surface area contributed by atoms with Crippen LogP contribution in [0.2, 0.25) is 0 Å². The predicted octanol–water partition coefficient (Wildman–Crippen LogP) is 4.56. The number of hydrogen-bond acceptors (Lipinski definition) is 6. The van der Waals surface area contributed by atoms with E-state index in [-0.39, 0.29) is 11.8 Å². The normalized spacial score (nSPS) is 26.8. The monoisotopic (exact) mass is 400 g/mol. The van der Waals surface area contributed by atoms with Gasteiger partial charge in [-0.25, -0.2) is 0 Å². The highest BCUT2D eigenvalue weighted by Crippen LogP contribution is 2.41. The average molecular weight is 400 g/mol. The van der Waals surface area contributed by atoms with Crippen molar-refractivity contribution < 1.29 is 18.8 Å².